The Morgan fingerprint density at radius 3 is 2.10 bits per heavy atom. The molecule has 10 nitrogen and oxygen atoms in total. The highest BCUT2D eigenvalue weighted by molar-refractivity contribution is 7.64. The van der Waals surface area contributed by atoms with Crippen molar-refractivity contribution < 1.29 is 4.62 Å². The fraction of sp³-hybridized carbons (Fsp3) is 0.333. The summed E-state index contributed by atoms with van der Waals surface area (Å²) < 4.78 is 14.5. The first-order chi connectivity index (χ1) is 13.9. The topological polar surface area (TPSA) is 80.4 Å². The third-order valence-corrected chi connectivity index (χ3v) is 8.26. The summed E-state index contributed by atoms with van der Waals surface area (Å²) in [4.78, 5) is 1.51. The molecular formula is C18H25N9OP+. The summed E-state index contributed by atoms with van der Waals surface area (Å²) in [6.07, 6.45) is 0. The molecule has 0 spiro atoms. The van der Waals surface area contributed by atoms with Crippen molar-refractivity contribution in [3.05, 3.63) is 42.5 Å². The van der Waals surface area contributed by atoms with E-state index in [9.17, 15) is 0 Å². The summed E-state index contributed by atoms with van der Waals surface area (Å²) >= 11 is 0. The first kappa shape index (κ1) is 19.7. The van der Waals surface area contributed by atoms with E-state index in [0.29, 0.717) is 5.52 Å². The van der Waals surface area contributed by atoms with Gasteiger partial charge in [-0.15, -0.1) is 24.2 Å². The lowest BCUT2D eigenvalue weighted by molar-refractivity contribution is 0.189. The summed E-state index contributed by atoms with van der Waals surface area (Å²) in [5.41, 5.74) is 3.99. The summed E-state index contributed by atoms with van der Waals surface area (Å²) in [6.45, 7) is 0. The van der Waals surface area contributed by atoms with Crippen LogP contribution in [-0.2, 0) is 0 Å². The SMILES string of the molecule is CN(C)[P+](On1nnc2c(-n3nnc4ccccc43)cccc21)(N(C)C)N(C)C. The van der Waals surface area contributed by atoms with Crippen LogP contribution in [0, 0.1) is 0 Å². The van der Waals surface area contributed by atoms with Gasteiger partial charge in [0.15, 0.2) is 0 Å². The van der Waals surface area contributed by atoms with Crippen molar-refractivity contribution in [1.29, 1.82) is 0 Å². The molecule has 2 heterocycles. The van der Waals surface area contributed by atoms with E-state index in [1.807, 2.05) is 84.8 Å². The van der Waals surface area contributed by atoms with Crippen molar-refractivity contribution in [2.24, 2.45) is 0 Å². The molecule has 0 saturated carbocycles. The lowest BCUT2D eigenvalue weighted by Crippen LogP contribution is -2.42. The molecule has 0 atom stereocenters. The summed E-state index contributed by atoms with van der Waals surface area (Å²) in [6, 6.07) is 13.7. The second kappa shape index (κ2) is 7.31. The minimum Gasteiger partial charge on any atom is -0.210 e. The van der Waals surface area contributed by atoms with E-state index in [-0.39, 0.29) is 0 Å². The predicted molar refractivity (Wildman–Crippen MR) is 115 cm³/mol. The molecule has 0 fully saturated rings. The molecule has 0 saturated heterocycles. The maximum Gasteiger partial charge on any atom is 0.449 e. The Kier molecular flexibility index (Phi) is 4.95. The highest BCUT2D eigenvalue weighted by Gasteiger charge is 2.54. The van der Waals surface area contributed by atoms with Gasteiger partial charge in [0.05, 0.1) is 11.2 Å². The van der Waals surface area contributed by atoms with Gasteiger partial charge in [-0.2, -0.15) is 4.62 Å². The Labute approximate surface area is 169 Å². The second-order valence-electron chi connectivity index (χ2n) is 7.23. The molecule has 0 N–H and O–H groups in total. The highest BCUT2D eigenvalue weighted by atomic mass is 31.2. The van der Waals surface area contributed by atoms with E-state index in [1.54, 1.807) is 4.68 Å². The normalized spacial score (nSPS) is 12.7. The number of benzene rings is 2. The molecule has 2 aromatic carbocycles. The molecule has 0 aliphatic rings. The Morgan fingerprint density at radius 2 is 1.41 bits per heavy atom. The molecule has 0 unspecified atom stereocenters. The van der Waals surface area contributed by atoms with Crippen molar-refractivity contribution in [3.63, 3.8) is 0 Å². The molecule has 0 aliphatic carbocycles. The van der Waals surface area contributed by atoms with Crippen molar-refractivity contribution in [3.8, 4) is 5.69 Å². The number of rotatable bonds is 6. The van der Waals surface area contributed by atoms with Gasteiger partial charge in [0.2, 0.25) is 0 Å². The van der Waals surface area contributed by atoms with Crippen LogP contribution in [0.4, 0.5) is 0 Å². The molecule has 4 rings (SSSR count). The Balaban J connectivity index is 1.84. The summed E-state index contributed by atoms with van der Waals surface area (Å²) in [5, 5.41) is 17.3. The van der Waals surface area contributed by atoms with E-state index in [4.69, 9.17) is 4.62 Å². The smallest absolute Gasteiger partial charge is 0.210 e. The molecule has 4 aromatic rings. The molecule has 0 aliphatic heterocycles. The number of nitrogens with zero attached hydrogens (tertiary/aromatic N) is 9. The lowest BCUT2D eigenvalue weighted by Gasteiger charge is -2.35. The van der Waals surface area contributed by atoms with Crippen molar-refractivity contribution in [2.75, 3.05) is 42.3 Å². The first-order valence-electron chi connectivity index (χ1n) is 9.14. The molecule has 11 heteroatoms. The monoisotopic (exact) mass is 414 g/mol. The van der Waals surface area contributed by atoms with Crippen LogP contribution >= 0.6 is 7.94 Å². The molecule has 2 aromatic heterocycles. The van der Waals surface area contributed by atoms with Crippen LogP contribution in [0.2, 0.25) is 0 Å². The standard InChI is InChI=1S/C18H25N9OP/c1-23(2)29(24(3)4,25(5)6)28-27-17-13-9-12-16(18(17)20-22-27)26-15-11-8-7-10-14(15)19-21-26/h7-13H,1-6H3/q+1. The zero-order chi connectivity index (χ0) is 20.8. The largest absolute Gasteiger partial charge is 0.449 e. The maximum atomic E-state index is 6.49. The van der Waals surface area contributed by atoms with Gasteiger partial charge < -0.3 is 0 Å². The molecule has 29 heavy (non-hydrogen) atoms. The van der Waals surface area contributed by atoms with Crippen LogP contribution in [0.25, 0.3) is 27.8 Å². The van der Waals surface area contributed by atoms with Gasteiger partial charge in [-0.05, 0) is 34.3 Å². The number of aromatic nitrogens is 6. The molecule has 0 radical (unpaired) electrons. The third kappa shape index (κ3) is 3.05. The van der Waals surface area contributed by atoms with Crippen LogP contribution < -0.4 is 4.62 Å². The zero-order valence-corrected chi connectivity index (χ0v) is 18.3. The van der Waals surface area contributed by atoms with E-state index in [0.717, 1.165) is 22.2 Å². The average molecular weight is 414 g/mol. The summed E-state index contributed by atoms with van der Waals surface area (Å²) in [5.74, 6) is 0. The van der Waals surface area contributed by atoms with Crippen LogP contribution in [0.5, 0.6) is 0 Å². The zero-order valence-electron chi connectivity index (χ0n) is 17.4. The third-order valence-electron chi connectivity index (χ3n) is 4.76. The van der Waals surface area contributed by atoms with Crippen LogP contribution in [0.1, 0.15) is 0 Å². The minimum absolute atomic E-state index is 0.692. The average Bonchev–Trinajstić information content (AvgIpc) is 3.29. The maximum absolute atomic E-state index is 6.49. The van der Waals surface area contributed by atoms with Gasteiger partial charge in [-0.3, -0.25) is 0 Å². The van der Waals surface area contributed by atoms with Crippen LogP contribution in [-0.4, -0.2) is 86.4 Å². The van der Waals surface area contributed by atoms with Crippen molar-refractivity contribution in [1.82, 2.24) is 44.2 Å². The quantitative estimate of drug-likeness (QED) is 0.443. The van der Waals surface area contributed by atoms with Gasteiger partial charge in [0.25, 0.3) is 0 Å². The molecule has 0 amide bonds. The number of fused-ring (bicyclic) bond motifs is 2. The minimum atomic E-state index is -2.29. The van der Waals surface area contributed by atoms with Gasteiger partial charge in [0, 0.05) is 42.3 Å². The van der Waals surface area contributed by atoms with Crippen molar-refractivity contribution in [2.45, 2.75) is 0 Å². The fourth-order valence-corrected chi connectivity index (χ4v) is 6.50. The second-order valence-corrected chi connectivity index (χ2v) is 10.8. The lowest BCUT2D eigenvalue weighted by atomic mass is 10.2. The molecule has 152 valence electrons. The van der Waals surface area contributed by atoms with Gasteiger partial charge in [0.1, 0.15) is 16.6 Å². The first-order valence-corrected chi connectivity index (χ1v) is 10.7. The summed E-state index contributed by atoms with van der Waals surface area (Å²) in [7, 11) is 9.71. The van der Waals surface area contributed by atoms with E-state index in [2.05, 4.69) is 34.6 Å². The number of para-hydroxylation sites is 1. The van der Waals surface area contributed by atoms with Crippen LogP contribution in [0.3, 0.4) is 0 Å². The Hall–Kier alpha value is -2.65. The van der Waals surface area contributed by atoms with E-state index >= 15 is 0 Å². The van der Waals surface area contributed by atoms with Crippen molar-refractivity contribution >= 4 is 30.0 Å². The Morgan fingerprint density at radius 1 is 0.759 bits per heavy atom. The van der Waals surface area contributed by atoms with Gasteiger partial charge in [-0.1, -0.05) is 23.4 Å². The predicted octanol–water partition coefficient (Wildman–Crippen LogP) is 1.96. The Bertz CT molecular complexity index is 1130. The fourth-order valence-electron chi connectivity index (χ4n) is 3.58. The van der Waals surface area contributed by atoms with Gasteiger partial charge in [-0.25, -0.2) is 4.68 Å². The van der Waals surface area contributed by atoms with Gasteiger partial charge >= 0.3 is 7.94 Å². The number of hydrogen-bond acceptors (Lipinski definition) is 8. The molecular weight excluding hydrogens is 389 g/mol. The van der Waals surface area contributed by atoms with E-state index in [1.165, 1.54) is 4.85 Å². The highest BCUT2D eigenvalue weighted by Crippen LogP contribution is 2.61. The van der Waals surface area contributed by atoms with E-state index < -0.39 is 7.94 Å². The van der Waals surface area contributed by atoms with Crippen LogP contribution in [0.15, 0.2) is 42.5 Å². The molecule has 0 bridgehead atoms. The number of hydrogen-bond donors (Lipinski definition) is 0.